The number of hydrogen-bond acceptors (Lipinski definition) is 6. The van der Waals surface area contributed by atoms with Crippen molar-refractivity contribution in [3.05, 3.63) is 112 Å². The molecule has 0 radical (unpaired) electrons. The number of hydrogen-bond donors (Lipinski definition) is 0. The first kappa shape index (κ1) is 22.5. The lowest BCUT2D eigenvalue weighted by molar-refractivity contribution is -0.479. The molecule has 0 unspecified atom stereocenters. The molecule has 0 saturated heterocycles. The van der Waals surface area contributed by atoms with Crippen LogP contribution in [0.25, 0.3) is 5.69 Å². The molecule has 1 heterocycles. The van der Waals surface area contributed by atoms with Crippen molar-refractivity contribution in [3.63, 3.8) is 0 Å². The molecule has 168 valence electrons. The summed E-state index contributed by atoms with van der Waals surface area (Å²) in [6.07, 6.45) is 0. The van der Waals surface area contributed by atoms with E-state index in [0.717, 1.165) is 5.69 Å². The Bertz CT molecular complexity index is 1250. The Hall–Kier alpha value is -3.72. The normalized spacial score (nSPS) is 11.8. The Labute approximate surface area is 194 Å². The van der Waals surface area contributed by atoms with Crippen LogP contribution in [-0.4, -0.2) is 26.2 Å². The van der Waals surface area contributed by atoms with E-state index in [1.807, 2.05) is 47.9 Å². The zero-order valence-corrected chi connectivity index (χ0v) is 18.6. The van der Waals surface area contributed by atoms with Gasteiger partial charge in [0.05, 0.1) is 0 Å². The molecule has 33 heavy (non-hydrogen) atoms. The van der Waals surface area contributed by atoms with Gasteiger partial charge in [-0.05, 0) is 42.8 Å². The molecule has 0 bridgehead atoms. The fourth-order valence-corrected chi connectivity index (χ4v) is 4.62. The highest BCUT2D eigenvalue weighted by molar-refractivity contribution is 7.99. The average molecular weight is 465 g/mol. The highest BCUT2D eigenvalue weighted by Crippen LogP contribution is 2.40. The van der Waals surface area contributed by atoms with Crippen molar-refractivity contribution in [2.24, 2.45) is 0 Å². The molecule has 0 aliphatic heterocycles. The van der Waals surface area contributed by atoms with Crippen molar-refractivity contribution in [1.82, 2.24) is 14.8 Å². The Morgan fingerprint density at radius 3 is 2.58 bits per heavy atom. The van der Waals surface area contributed by atoms with Gasteiger partial charge in [-0.25, -0.2) is 4.39 Å². The maximum absolute atomic E-state index is 13.5. The Balaban J connectivity index is 1.64. The van der Waals surface area contributed by atoms with E-state index in [4.69, 9.17) is 4.74 Å². The highest BCUT2D eigenvalue weighted by Gasteiger charge is 2.26. The van der Waals surface area contributed by atoms with Crippen LogP contribution in [0, 0.1) is 22.9 Å². The van der Waals surface area contributed by atoms with E-state index < -0.39 is 5.25 Å². The second kappa shape index (κ2) is 10.3. The SMILES string of the molecule is Cc1nnc(S[C@@H](C[N+](=O)[O-])c2ccccc2OCc2cccc(F)c2)n1-c1ccccc1. The summed E-state index contributed by atoms with van der Waals surface area (Å²) < 4.78 is 21.3. The molecular weight excluding hydrogens is 443 g/mol. The van der Waals surface area contributed by atoms with Crippen LogP contribution in [-0.2, 0) is 6.61 Å². The molecule has 0 saturated carbocycles. The van der Waals surface area contributed by atoms with Crippen molar-refractivity contribution >= 4 is 11.8 Å². The number of halogens is 1. The average Bonchev–Trinajstić information content (AvgIpc) is 3.17. The first-order valence-corrected chi connectivity index (χ1v) is 11.1. The third kappa shape index (κ3) is 5.56. The number of ether oxygens (including phenoxy) is 1. The number of aryl methyl sites for hydroxylation is 1. The number of nitrogens with zero attached hydrogens (tertiary/aromatic N) is 4. The van der Waals surface area contributed by atoms with Crippen molar-refractivity contribution in [3.8, 4) is 11.4 Å². The van der Waals surface area contributed by atoms with Gasteiger partial charge in [0.2, 0.25) is 6.54 Å². The molecule has 0 fully saturated rings. The first-order valence-electron chi connectivity index (χ1n) is 10.2. The van der Waals surface area contributed by atoms with Gasteiger partial charge in [-0.1, -0.05) is 60.3 Å². The van der Waals surface area contributed by atoms with Crippen LogP contribution in [0.2, 0.25) is 0 Å². The van der Waals surface area contributed by atoms with Gasteiger partial charge in [-0.3, -0.25) is 14.7 Å². The van der Waals surface area contributed by atoms with Crippen LogP contribution in [0.4, 0.5) is 4.39 Å². The maximum Gasteiger partial charge on any atom is 0.220 e. The lowest BCUT2D eigenvalue weighted by Gasteiger charge is -2.18. The lowest BCUT2D eigenvalue weighted by Crippen LogP contribution is -2.12. The molecule has 1 atom stereocenters. The van der Waals surface area contributed by atoms with E-state index in [0.29, 0.717) is 27.9 Å². The predicted octanol–water partition coefficient (Wildman–Crippen LogP) is 5.40. The van der Waals surface area contributed by atoms with Gasteiger partial charge in [0.1, 0.15) is 29.2 Å². The second-order valence-electron chi connectivity index (χ2n) is 7.28. The van der Waals surface area contributed by atoms with Crippen LogP contribution < -0.4 is 4.74 Å². The summed E-state index contributed by atoms with van der Waals surface area (Å²) in [5, 5.41) is 20.0. The van der Waals surface area contributed by atoms with E-state index >= 15 is 0 Å². The molecule has 4 rings (SSSR count). The molecule has 3 aromatic carbocycles. The molecule has 1 aromatic heterocycles. The Morgan fingerprint density at radius 2 is 1.82 bits per heavy atom. The summed E-state index contributed by atoms with van der Waals surface area (Å²) in [5.74, 6) is 0.838. The zero-order valence-electron chi connectivity index (χ0n) is 17.8. The Morgan fingerprint density at radius 1 is 1.06 bits per heavy atom. The minimum atomic E-state index is -0.574. The fourth-order valence-electron chi connectivity index (χ4n) is 3.42. The molecular formula is C24H21FN4O3S. The molecule has 4 aromatic rings. The van der Waals surface area contributed by atoms with E-state index in [2.05, 4.69) is 10.2 Å². The standard InChI is InChI=1S/C24H21FN4O3S/c1-17-26-27-24(29(17)20-10-3-2-4-11-20)33-23(15-28(30)31)21-12-5-6-13-22(21)32-16-18-8-7-9-19(25)14-18/h2-14,23H,15-16H2,1H3/t23-/m0/s1. The van der Waals surface area contributed by atoms with Gasteiger partial charge in [0.15, 0.2) is 5.16 Å². The fraction of sp³-hybridized carbons (Fsp3) is 0.167. The second-order valence-corrected chi connectivity index (χ2v) is 8.45. The van der Waals surface area contributed by atoms with Gasteiger partial charge in [-0.2, -0.15) is 0 Å². The molecule has 0 amide bonds. The number of aromatic nitrogens is 3. The summed E-state index contributed by atoms with van der Waals surface area (Å²) in [5.41, 5.74) is 2.21. The van der Waals surface area contributed by atoms with Crippen LogP contribution in [0.5, 0.6) is 5.75 Å². The topological polar surface area (TPSA) is 83.1 Å². The van der Waals surface area contributed by atoms with Gasteiger partial charge >= 0.3 is 0 Å². The largest absolute Gasteiger partial charge is 0.489 e. The van der Waals surface area contributed by atoms with Crippen LogP contribution in [0.3, 0.4) is 0 Å². The summed E-state index contributed by atoms with van der Waals surface area (Å²) in [6, 6.07) is 22.9. The summed E-state index contributed by atoms with van der Waals surface area (Å²) >= 11 is 1.26. The van der Waals surface area contributed by atoms with Crippen LogP contribution in [0.15, 0.2) is 84.0 Å². The van der Waals surface area contributed by atoms with Crippen molar-refractivity contribution < 1.29 is 14.1 Å². The van der Waals surface area contributed by atoms with E-state index in [9.17, 15) is 14.5 Å². The third-order valence-electron chi connectivity index (χ3n) is 4.92. The first-order chi connectivity index (χ1) is 16.0. The molecule has 0 aliphatic rings. The minimum Gasteiger partial charge on any atom is -0.489 e. The van der Waals surface area contributed by atoms with Crippen molar-refractivity contribution in [2.45, 2.75) is 23.9 Å². The zero-order chi connectivity index (χ0) is 23.2. The number of nitro groups is 1. The third-order valence-corrected chi connectivity index (χ3v) is 6.08. The number of rotatable bonds is 9. The quantitative estimate of drug-likeness (QED) is 0.187. The molecule has 7 nitrogen and oxygen atoms in total. The Kier molecular flexibility index (Phi) is 6.99. The predicted molar refractivity (Wildman–Crippen MR) is 124 cm³/mol. The number of para-hydroxylation sites is 2. The summed E-state index contributed by atoms with van der Waals surface area (Å²) in [6.45, 7) is 1.65. The molecule has 9 heteroatoms. The minimum absolute atomic E-state index is 0.143. The van der Waals surface area contributed by atoms with Gasteiger partial charge in [-0.15, -0.1) is 10.2 Å². The summed E-state index contributed by atoms with van der Waals surface area (Å²) in [4.78, 5) is 11.2. The smallest absolute Gasteiger partial charge is 0.220 e. The summed E-state index contributed by atoms with van der Waals surface area (Å²) in [7, 11) is 0. The highest BCUT2D eigenvalue weighted by atomic mass is 32.2. The monoisotopic (exact) mass is 464 g/mol. The van der Waals surface area contributed by atoms with Crippen LogP contribution in [0.1, 0.15) is 22.2 Å². The number of benzene rings is 3. The van der Waals surface area contributed by atoms with Crippen molar-refractivity contribution in [2.75, 3.05) is 6.54 Å². The van der Waals surface area contributed by atoms with E-state index in [1.165, 1.54) is 23.9 Å². The van der Waals surface area contributed by atoms with Crippen LogP contribution >= 0.6 is 11.8 Å². The molecule has 0 spiro atoms. The van der Waals surface area contributed by atoms with Gasteiger partial charge in [0, 0.05) is 16.2 Å². The lowest BCUT2D eigenvalue weighted by atomic mass is 10.1. The van der Waals surface area contributed by atoms with E-state index in [1.54, 1.807) is 30.3 Å². The maximum atomic E-state index is 13.5. The van der Waals surface area contributed by atoms with E-state index in [-0.39, 0.29) is 23.9 Å². The molecule has 0 aliphatic carbocycles. The van der Waals surface area contributed by atoms with Gasteiger partial charge in [0.25, 0.3) is 0 Å². The number of thioether (sulfide) groups is 1. The van der Waals surface area contributed by atoms with Crippen molar-refractivity contribution in [1.29, 1.82) is 0 Å². The van der Waals surface area contributed by atoms with Gasteiger partial charge < -0.3 is 4.74 Å². The molecule has 0 N–H and O–H groups in total.